The lowest BCUT2D eigenvalue weighted by atomic mass is 9.99. The summed E-state index contributed by atoms with van der Waals surface area (Å²) < 4.78 is 16.6. The van der Waals surface area contributed by atoms with E-state index in [9.17, 15) is 9.18 Å². The molecule has 1 aliphatic rings. The fourth-order valence-corrected chi connectivity index (χ4v) is 4.43. The van der Waals surface area contributed by atoms with Crippen LogP contribution in [0.4, 0.5) is 4.39 Å². The van der Waals surface area contributed by atoms with E-state index in [2.05, 4.69) is 12.1 Å². The second-order valence-electron chi connectivity index (χ2n) is 7.93. The molecule has 2 heterocycles. The number of carbonyl (C=O) groups excluding carboxylic acids is 1. The number of para-hydroxylation sites is 1. The van der Waals surface area contributed by atoms with Crippen LogP contribution in [0.5, 0.6) is 0 Å². The molecule has 0 unspecified atom stereocenters. The Bertz CT molecular complexity index is 1260. The SMILES string of the molecule is Cc1c(C(=O)N2CCc3ccccc3C2)cc(-c2ccccc2)n1-c1ccccc1F. The highest BCUT2D eigenvalue weighted by Crippen LogP contribution is 2.32. The molecule has 1 aromatic heterocycles. The van der Waals surface area contributed by atoms with Crippen molar-refractivity contribution in [3.05, 3.63) is 113 Å². The summed E-state index contributed by atoms with van der Waals surface area (Å²) in [5.74, 6) is -0.330. The van der Waals surface area contributed by atoms with Gasteiger partial charge in [0.2, 0.25) is 0 Å². The third-order valence-electron chi connectivity index (χ3n) is 6.06. The number of fused-ring (bicyclic) bond motifs is 1. The molecule has 0 atom stereocenters. The Labute approximate surface area is 181 Å². The van der Waals surface area contributed by atoms with Crippen LogP contribution in [-0.4, -0.2) is 21.9 Å². The molecule has 0 aliphatic carbocycles. The standard InChI is InChI=1S/C27H23FN2O/c1-19-23(27(31)29-16-15-20-9-5-6-12-22(20)18-29)17-26(21-10-3-2-4-11-21)30(19)25-14-8-7-13-24(25)28/h2-14,17H,15-16,18H2,1H3. The van der Waals surface area contributed by atoms with Gasteiger partial charge in [-0.05, 0) is 48.2 Å². The zero-order chi connectivity index (χ0) is 21.4. The number of rotatable bonds is 3. The van der Waals surface area contributed by atoms with Crippen LogP contribution in [0.25, 0.3) is 16.9 Å². The van der Waals surface area contributed by atoms with Gasteiger partial charge in [0, 0.05) is 18.8 Å². The highest BCUT2D eigenvalue weighted by atomic mass is 19.1. The summed E-state index contributed by atoms with van der Waals surface area (Å²) in [5, 5.41) is 0. The number of nitrogens with zero attached hydrogens (tertiary/aromatic N) is 2. The fourth-order valence-electron chi connectivity index (χ4n) is 4.43. The normalized spacial score (nSPS) is 13.2. The van der Waals surface area contributed by atoms with E-state index in [0.717, 1.165) is 23.4 Å². The summed E-state index contributed by atoms with van der Waals surface area (Å²) in [6, 6.07) is 26.7. The van der Waals surface area contributed by atoms with Gasteiger partial charge in [0.15, 0.2) is 0 Å². The average Bonchev–Trinajstić information content (AvgIpc) is 3.16. The third-order valence-corrected chi connectivity index (χ3v) is 6.06. The van der Waals surface area contributed by atoms with Crippen LogP contribution in [0.2, 0.25) is 0 Å². The molecule has 0 fully saturated rings. The molecular weight excluding hydrogens is 387 g/mol. The molecular formula is C27H23FN2O. The van der Waals surface area contributed by atoms with E-state index < -0.39 is 0 Å². The Balaban J connectivity index is 1.60. The Morgan fingerprint density at radius 1 is 0.871 bits per heavy atom. The lowest BCUT2D eigenvalue weighted by molar-refractivity contribution is 0.0734. The zero-order valence-electron chi connectivity index (χ0n) is 17.4. The van der Waals surface area contributed by atoms with Crippen LogP contribution in [-0.2, 0) is 13.0 Å². The third kappa shape index (κ3) is 3.44. The second-order valence-corrected chi connectivity index (χ2v) is 7.93. The summed E-state index contributed by atoms with van der Waals surface area (Å²) in [7, 11) is 0. The Kier molecular flexibility index (Phi) is 4.91. The molecule has 0 saturated carbocycles. The molecule has 3 aromatic carbocycles. The van der Waals surface area contributed by atoms with Crippen LogP contribution in [0.3, 0.4) is 0 Å². The maximum atomic E-state index is 14.8. The monoisotopic (exact) mass is 410 g/mol. The molecule has 4 aromatic rings. The van der Waals surface area contributed by atoms with Crippen LogP contribution in [0.1, 0.15) is 27.2 Å². The quantitative estimate of drug-likeness (QED) is 0.420. The van der Waals surface area contributed by atoms with Crippen molar-refractivity contribution in [2.75, 3.05) is 6.54 Å². The molecule has 0 N–H and O–H groups in total. The number of hydrogen-bond acceptors (Lipinski definition) is 1. The molecule has 5 rings (SSSR count). The Morgan fingerprint density at radius 2 is 1.55 bits per heavy atom. The number of halogens is 1. The van der Waals surface area contributed by atoms with Crippen LogP contribution in [0, 0.1) is 12.7 Å². The van der Waals surface area contributed by atoms with Crippen LogP contribution >= 0.6 is 0 Å². The fraction of sp³-hybridized carbons (Fsp3) is 0.148. The van der Waals surface area contributed by atoms with Gasteiger partial charge in [0.05, 0.1) is 16.9 Å². The summed E-state index contributed by atoms with van der Waals surface area (Å²) in [5.41, 5.74) is 6.05. The first-order valence-corrected chi connectivity index (χ1v) is 10.5. The van der Waals surface area contributed by atoms with E-state index >= 15 is 0 Å². The van der Waals surface area contributed by atoms with Gasteiger partial charge in [-0.3, -0.25) is 4.79 Å². The number of benzene rings is 3. The predicted molar refractivity (Wildman–Crippen MR) is 121 cm³/mol. The molecule has 0 bridgehead atoms. The summed E-state index contributed by atoms with van der Waals surface area (Å²) in [6.07, 6.45) is 0.848. The van der Waals surface area contributed by atoms with Gasteiger partial charge in [-0.25, -0.2) is 4.39 Å². The molecule has 4 heteroatoms. The van der Waals surface area contributed by atoms with E-state index in [1.807, 2.05) is 71.0 Å². The lowest BCUT2D eigenvalue weighted by Crippen LogP contribution is -2.36. The number of amides is 1. The van der Waals surface area contributed by atoms with E-state index in [1.165, 1.54) is 17.2 Å². The van der Waals surface area contributed by atoms with Gasteiger partial charge >= 0.3 is 0 Å². The minimum absolute atomic E-state index is 0.0146. The molecule has 1 aliphatic heterocycles. The van der Waals surface area contributed by atoms with E-state index in [1.54, 1.807) is 12.1 Å². The Morgan fingerprint density at radius 3 is 2.32 bits per heavy atom. The van der Waals surface area contributed by atoms with Gasteiger partial charge in [-0.2, -0.15) is 0 Å². The van der Waals surface area contributed by atoms with Crippen molar-refractivity contribution in [1.82, 2.24) is 9.47 Å². The smallest absolute Gasteiger partial charge is 0.256 e. The van der Waals surface area contributed by atoms with Crippen molar-refractivity contribution in [2.24, 2.45) is 0 Å². The van der Waals surface area contributed by atoms with Gasteiger partial charge in [0.1, 0.15) is 5.82 Å². The number of aromatic nitrogens is 1. The van der Waals surface area contributed by atoms with Crippen molar-refractivity contribution >= 4 is 5.91 Å². The minimum atomic E-state index is -0.315. The van der Waals surface area contributed by atoms with Crippen molar-refractivity contribution in [3.63, 3.8) is 0 Å². The lowest BCUT2D eigenvalue weighted by Gasteiger charge is -2.29. The molecule has 0 radical (unpaired) electrons. The van der Waals surface area contributed by atoms with Gasteiger partial charge in [-0.15, -0.1) is 0 Å². The molecule has 154 valence electrons. The largest absolute Gasteiger partial charge is 0.334 e. The number of hydrogen-bond donors (Lipinski definition) is 0. The summed E-state index contributed by atoms with van der Waals surface area (Å²) in [4.78, 5) is 15.5. The number of carbonyl (C=O) groups is 1. The first-order valence-electron chi connectivity index (χ1n) is 10.5. The molecule has 3 nitrogen and oxygen atoms in total. The predicted octanol–water partition coefficient (Wildman–Crippen LogP) is 5.79. The first kappa shape index (κ1) is 19.3. The summed E-state index contributed by atoms with van der Waals surface area (Å²) in [6.45, 7) is 3.17. The van der Waals surface area contributed by atoms with Crippen molar-refractivity contribution in [2.45, 2.75) is 19.9 Å². The van der Waals surface area contributed by atoms with Crippen molar-refractivity contribution in [3.8, 4) is 16.9 Å². The minimum Gasteiger partial charge on any atom is -0.334 e. The van der Waals surface area contributed by atoms with E-state index in [-0.39, 0.29) is 11.7 Å². The maximum Gasteiger partial charge on any atom is 0.256 e. The second kappa shape index (κ2) is 7.88. The topological polar surface area (TPSA) is 25.2 Å². The maximum absolute atomic E-state index is 14.8. The van der Waals surface area contributed by atoms with Crippen LogP contribution in [0.15, 0.2) is 84.9 Å². The van der Waals surface area contributed by atoms with Gasteiger partial charge < -0.3 is 9.47 Å². The highest BCUT2D eigenvalue weighted by molar-refractivity contribution is 5.97. The van der Waals surface area contributed by atoms with Gasteiger partial charge in [0.25, 0.3) is 5.91 Å². The van der Waals surface area contributed by atoms with E-state index in [4.69, 9.17) is 0 Å². The highest BCUT2D eigenvalue weighted by Gasteiger charge is 2.26. The van der Waals surface area contributed by atoms with Crippen molar-refractivity contribution in [1.29, 1.82) is 0 Å². The molecule has 0 saturated heterocycles. The Hall–Kier alpha value is -3.66. The average molecular weight is 410 g/mol. The molecule has 0 spiro atoms. The molecule has 31 heavy (non-hydrogen) atoms. The van der Waals surface area contributed by atoms with E-state index in [0.29, 0.717) is 24.3 Å². The first-order chi connectivity index (χ1) is 15.1. The molecule has 1 amide bonds. The van der Waals surface area contributed by atoms with Crippen molar-refractivity contribution < 1.29 is 9.18 Å². The summed E-state index contributed by atoms with van der Waals surface area (Å²) >= 11 is 0. The van der Waals surface area contributed by atoms with Crippen LogP contribution < -0.4 is 0 Å². The zero-order valence-corrected chi connectivity index (χ0v) is 17.4. The van der Waals surface area contributed by atoms with Gasteiger partial charge in [-0.1, -0.05) is 66.7 Å².